The van der Waals surface area contributed by atoms with E-state index in [0.29, 0.717) is 21.5 Å². The lowest BCUT2D eigenvalue weighted by Gasteiger charge is -1.98. The molecular weight excluding hydrogens is 226 g/mol. The summed E-state index contributed by atoms with van der Waals surface area (Å²) < 4.78 is 1.30. The molecule has 2 N–H and O–H groups in total. The topological polar surface area (TPSA) is 71.8 Å². The zero-order valence-corrected chi connectivity index (χ0v) is 9.03. The van der Waals surface area contributed by atoms with Gasteiger partial charge in [0.2, 0.25) is 0 Å². The Labute approximate surface area is 96.8 Å². The molecule has 0 aliphatic heterocycles. The van der Waals surface area contributed by atoms with Gasteiger partial charge in [-0.15, -0.1) is 0 Å². The molecule has 0 spiro atoms. The van der Waals surface area contributed by atoms with Crippen LogP contribution in [0.1, 0.15) is 5.56 Å². The van der Waals surface area contributed by atoms with Crippen molar-refractivity contribution < 1.29 is 4.79 Å². The number of primary amides is 1. The number of nitrogens with two attached hydrogens (primary N) is 1. The highest BCUT2D eigenvalue weighted by atomic mass is 35.5. The molecular formula is C11H8ClN3O. The maximum Gasteiger partial charge on any atom is 0.323 e. The smallest absolute Gasteiger partial charge is 0.323 e. The maximum absolute atomic E-state index is 11.2. The van der Waals surface area contributed by atoms with Gasteiger partial charge in [-0.05, 0) is 17.7 Å². The molecule has 0 saturated heterocycles. The lowest BCUT2D eigenvalue weighted by molar-refractivity contribution is 0.251. The molecule has 1 aromatic carbocycles. The van der Waals surface area contributed by atoms with Gasteiger partial charge in [0.1, 0.15) is 0 Å². The standard InChI is InChI=1S/C11H8ClN3O/c12-8-2-1-3-9-10(8)7(4-5-13)6-15(9)11(14)16/h1-3,6H,4H2,(H2,14,16). The van der Waals surface area contributed by atoms with Crippen LogP contribution in [0.3, 0.4) is 0 Å². The SMILES string of the molecule is N#CCc1cn(C(N)=O)c2cccc(Cl)c12. The quantitative estimate of drug-likeness (QED) is 0.821. The number of nitriles is 1. The van der Waals surface area contributed by atoms with Gasteiger partial charge in [-0.2, -0.15) is 5.26 Å². The number of benzene rings is 1. The van der Waals surface area contributed by atoms with Crippen molar-refractivity contribution >= 4 is 28.5 Å². The van der Waals surface area contributed by atoms with Crippen molar-refractivity contribution in [3.8, 4) is 6.07 Å². The molecule has 2 rings (SSSR count). The van der Waals surface area contributed by atoms with Gasteiger partial charge >= 0.3 is 6.03 Å². The van der Waals surface area contributed by atoms with Crippen LogP contribution in [0.2, 0.25) is 5.02 Å². The molecule has 0 aliphatic carbocycles. The summed E-state index contributed by atoms with van der Waals surface area (Å²) in [6, 6.07) is 6.64. The van der Waals surface area contributed by atoms with Gasteiger partial charge in [-0.25, -0.2) is 4.79 Å². The average Bonchev–Trinajstić information content (AvgIpc) is 2.59. The zero-order valence-electron chi connectivity index (χ0n) is 8.27. The van der Waals surface area contributed by atoms with E-state index in [1.54, 1.807) is 24.4 Å². The molecule has 0 radical (unpaired) electrons. The van der Waals surface area contributed by atoms with Crippen molar-refractivity contribution in [3.63, 3.8) is 0 Å². The van der Waals surface area contributed by atoms with Gasteiger partial charge in [0, 0.05) is 11.6 Å². The number of carbonyl (C=O) groups is 1. The first-order valence-electron chi connectivity index (χ1n) is 4.60. The van der Waals surface area contributed by atoms with E-state index in [1.165, 1.54) is 4.57 Å². The predicted octanol–water partition coefficient (Wildman–Crippen LogP) is 2.29. The van der Waals surface area contributed by atoms with Crippen LogP contribution < -0.4 is 5.73 Å². The molecule has 1 aromatic heterocycles. The minimum Gasteiger partial charge on any atom is -0.351 e. The Morgan fingerprint density at radius 1 is 1.56 bits per heavy atom. The Morgan fingerprint density at radius 3 is 2.94 bits per heavy atom. The fourth-order valence-corrected chi connectivity index (χ4v) is 2.01. The summed E-state index contributed by atoms with van der Waals surface area (Å²) in [5.41, 5.74) is 6.58. The third-order valence-electron chi connectivity index (χ3n) is 2.36. The summed E-state index contributed by atoms with van der Waals surface area (Å²) in [6.07, 6.45) is 1.75. The largest absolute Gasteiger partial charge is 0.351 e. The molecule has 0 unspecified atom stereocenters. The second-order valence-corrected chi connectivity index (χ2v) is 3.74. The minimum absolute atomic E-state index is 0.195. The van der Waals surface area contributed by atoms with Crippen molar-refractivity contribution in [3.05, 3.63) is 35.0 Å². The van der Waals surface area contributed by atoms with Gasteiger partial charge in [0.05, 0.1) is 23.0 Å². The van der Waals surface area contributed by atoms with Crippen LogP contribution >= 0.6 is 11.6 Å². The first-order valence-corrected chi connectivity index (χ1v) is 4.98. The summed E-state index contributed by atoms with van der Waals surface area (Å²) in [7, 11) is 0. The van der Waals surface area contributed by atoms with Gasteiger partial charge in [-0.3, -0.25) is 4.57 Å². The summed E-state index contributed by atoms with van der Waals surface area (Å²) in [6.45, 7) is 0. The van der Waals surface area contributed by atoms with Crippen molar-refractivity contribution in [2.75, 3.05) is 0 Å². The minimum atomic E-state index is -0.587. The first kappa shape index (κ1) is 10.5. The molecule has 16 heavy (non-hydrogen) atoms. The van der Waals surface area contributed by atoms with E-state index in [2.05, 4.69) is 0 Å². The maximum atomic E-state index is 11.2. The Bertz CT molecular complexity index is 609. The van der Waals surface area contributed by atoms with Crippen molar-refractivity contribution in [1.82, 2.24) is 4.57 Å². The summed E-state index contributed by atoms with van der Waals surface area (Å²) in [4.78, 5) is 11.2. The van der Waals surface area contributed by atoms with Crippen LogP contribution in [0.4, 0.5) is 4.79 Å². The monoisotopic (exact) mass is 233 g/mol. The Hall–Kier alpha value is -1.99. The van der Waals surface area contributed by atoms with Crippen molar-refractivity contribution in [2.24, 2.45) is 5.73 Å². The molecule has 0 fully saturated rings. The highest BCUT2D eigenvalue weighted by Crippen LogP contribution is 2.28. The third kappa shape index (κ3) is 1.51. The van der Waals surface area contributed by atoms with Crippen molar-refractivity contribution in [1.29, 1.82) is 5.26 Å². The lowest BCUT2D eigenvalue weighted by atomic mass is 10.1. The Morgan fingerprint density at radius 2 is 2.31 bits per heavy atom. The lowest BCUT2D eigenvalue weighted by Crippen LogP contribution is -2.18. The number of hydrogen-bond acceptors (Lipinski definition) is 2. The van der Waals surface area contributed by atoms with Gasteiger partial charge < -0.3 is 5.73 Å². The fourth-order valence-electron chi connectivity index (χ4n) is 1.72. The van der Waals surface area contributed by atoms with Crippen LogP contribution in [0, 0.1) is 11.3 Å². The molecule has 0 saturated carbocycles. The second kappa shape index (κ2) is 3.87. The van der Waals surface area contributed by atoms with E-state index in [1.807, 2.05) is 6.07 Å². The van der Waals surface area contributed by atoms with E-state index < -0.39 is 6.03 Å². The van der Waals surface area contributed by atoms with E-state index in [9.17, 15) is 4.79 Å². The number of carbonyl (C=O) groups excluding carboxylic acids is 1. The van der Waals surface area contributed by atoms with Gasteiger partial charge in [-0.1, -0.05) is 17.7 Å². The fraction of sp³-hybridized carbons (Fsp3) is 0.0909. The summed E-state index contributed by atoms with van der Waals surface area (Å²) >= 11 is 6.04. The Balaban J connectivity index is 2.83. The molecule has 0 bridgehead atoms. The molecule has 80 valence electrons. The van der Waals surface area contributed by atoms with Gasteiger partial charge in [0.25, 0.3) is 0 Å². The van der Waals surface area contributed by atoms with E-state index in [-0.39, 0.29) is 6.42 Å². The van der Waals surface area contributed by atoms with Crippen LogP contribution in [0.15, 0.2) is 24.4 Å². The highest BCUT2D eigenvalue weighted by molar-refractivity contribution is 6.35. The predicted molar refractivity (Wildman–Crippen MR) is 61.2 cm³/mol. The number of nitrogens with zero attached hydrogens (tertiary/aromatic N) is 2. The molecule has 0 aliphatic rings. The first-order chi connectivity index (χ1) is 7.65. The molecule has 0 atom stereocenters. The van der Waals surface area contributed by atoms with Crippen LogP contribution in [0.5, 0.6) is 0 Å². The Kier molecular flexibility index (Phi) is 2.55. The molecule has 4 nitrogen and oxygen atoms in total. The molecule has 1 heterocycles. The van der Waals surface area contributed by atoms with Crippen LogP contribution in [0.25, 0.3) is 10.9 Å². The molecule has 5 heteroatoms. The van der Waals surface area contributed by atoms with E-state index in [0.717, 1.165) is 0 Å². The number of amides is 1. The van der Waals surface area contributed by atoms with E-state index in [4.69, 9.17) is 22.6 Å². The van der Waals surface area contributed by atoms with E-state index >= 15 is 0 Å². The van der Waals surface area contributed by atoms with Crippen molar-refractivity contribution in [2.45, 2.75) is 6.42 Å². The number of hydrogen-bond donors (Lipinski definition) is 1. The summed E-state index contributed by atoms with van der Waals surface area (Å²) in [5.74, 6) is 0. The third-order valence-corrected chi connectivity index (χ3v) is 2.68. The highest BCUT2D eigenvalue weighted by Gasteiger charge is 2.13. The number of halogens is 1. The average molecular weight is 234 g/mol. The molecule has 1 amide bonds. The zero-order chi connectivity index (χ0) is 11.7. The normalized spacial score (nSPS) is 10.2. The number of aromatic nitrogens is 1. The summed E-state index contributed by atoms with van der Waals surface area (Å²) in [5, 5.41) is 9.93. The number of rotatable bonds is 1. The van der Waals surface area contributed by atoms with Gasteiger partial charge in [0.15, 0.2) is 0 Å². The van der Waals surface area contributed by atoms with Crippen LogP contribution in [-0.2, 0) is 6.42 Å². The molecule has 2 aromatic rings. The second-order valence-electron chi connectivity index (χ2n) is 3.33. The van der Waals surface area contributed by atoms with Crippen LogP contribution in [-0.4, -0.2) is 10.6 Å². The number of fused-ring (bicyclic) bond motifs is 1.